The molecule has 6 heteroatoms. The van der Waals surface area contributed by atoms with Crippen molar-refractivity contribution in [3.63, 3.8) is 0 Å². The monoisotopic (exact) mass is 342 g/mol. The zero-order valence-corrected chi connectivity index (χ0v) is 13.4. The maximum Gasteiger partial charge on any atom is 0.326 e. The zero-order valence-electron chi connectivity index (χ0n) is 12.6. The minimum atomic E-state index is -0.955. The first kappa shape index (κ1) is 16.1. The number of halogens is 1. The normalized spacial score (nSPS) is 11.9. The molecule has 0 aliphatic heterocycles. The third-order valence-electron chi connectivity index (χ3n) is 3.55. The van der Waals surface area contributed by atoms with E-state index < -0.39 is 12.0 Å². The van der Waals surface area contributed by atoms with Gasteiger partial charge >= 0.3 is 5.97 Å². The van der Waals surface area contributed by atoms with E-state index in [0.717, 1.165) is 11.1 Å². The second-order valence-corrected chi connectivity index (χ2v) is 5.74. The van der Waals surface area contributed by atoms with E-state index >= 15 is 0 Å². The van der Waals surface area contributed by atoms with Gasteiger partial charge in [-0.2, -0.15) is 0 Å². The standard InChI is InChI=1S/C18H15ClN2O3/c19-14-8-6-13(7-9-14)15-11-17(24-21-15)20-16(18(22)23)10-12-4-2-1-3-5-12/h1-9,11,16,20H,10H2,(H,22,23)/t16-/m1/s1. The van der Waals surface area contributed by atoms with E-state index in [1.165, 1.54) is 0 Å². The molecule has 0 spiro atoms. The molecule has 0 aliphatic rings. The number of nitrogens with zero attached hydrogens (tertiary/aromatic N) is 1. The molecule has 0 saturated heterocycles. The van der Waals surface area contributed by atoms with Crippen molar-refractivity contribution in [2.45, 2.75) is 12.5 Å². The number of benzene rings is 2. The molecule has 0 saturated carbocycles. The molecule has 0 bridgehead atoms. The predicted octanol–water partition coefficient (Wildman–Crippen LogP) is 4.10. The summed E-state index contributed by atoms with van der Waals surface area (Å²) in [6, 6.07) is 17.4. The van der Waals surface area contributed by atoms with Crippen LogP contribution in [-0.2, 0) is 11.2 Å². The van der Waals surface area contributed by atoms with Crippen LogP contribution in [0.2, 0.25) is 5.02 Å². The lowest BCUT2D eigenvalue weighted by molar-refractivity contribution is -0.137. The van der Waals surface area contributed by atoms with Gasteiger partial charge in [0.2, 0.25) is 5.88 Å². The highest BCUT2D eigenvalue weighted by molar-refractivity contribution is 6.30. The van der Waals surface area contributed by atoms with E-state index in [4.69, 9.17) is 16.1 Å². The van der Waals surface area contributed by atoms with E-state index in [1.54, 1.807) is 18.2 Å². The van der Waals surface area contributed by atoms with E-state index in [1.807, 2.05) is 42.5 Å². The van der Waals surface area contributed by atoms with Crippen LogP contribution in [0, 0.1) is 0 Å². The van der Waals surface area contributed by atoms with Crippen molar-refractivity contribution in [1.29, 1.82) is 0 Å². The molecule has 0 fully saturated rings. The van der Waals surface area contributed by atoms with Crippen molar-refractivity contribution < 1.29 is 14.4 Å². The fourth-order valence-corrected chi connectivity index (χ4v) is 2.45. The Morgan fingerprint density at radius 1 is 1.17 bits per heavy atom. The number of aromatic nitrogens is 1. The van der Waals surface area contributed by atoms with E-state index in [2.05, 4.69) is 10.5 Å². The lowest BCUT2D eigenvalue weighted by Gasteiger charge is -2.13. The van der Waals surface area contributed by atoms with Crippen molar-refractivity contribution in [2.75, 3.05) is 5.32 Å². The topological polar surface area (TPSA) is 75.4 Å². The van der Waals surface area contributed by atoms with Crippen LogP contribution in [0.4, 0.5) is 5.88 Å². The molecule has 3 rings (SSSR count). The van der Waals surface area contributed by atoms with Gasteiger partial charge in [-0.15, -0.1) is 0 Å². The molecule has 3 aromatic rings. The van der Waals surface area contributed by atoms with Gasteiger partial charge in [0, 0.05) is 23.1 Å². The summed E-state index contributed by atoms with van der Waals surface area (Å²) in [5.74, 6) is -0.647. The Hall–Kier alpha value is -2.79. The molecule has 0 amide bonds. The first-order valence-corrected chi connectivity index (χ1v) is 7.75. The number of carbonyl (C=O) groups is 1. The molecule has 5 nitrogen and oxygen atoms in total. The van der Waals surface area contributed by atoms with Crippen molar-refractivity contribution >= 4 is 23.5 Å². The molecule has 24 heavy (non-hydrogen) atoms. The number of hydrogen-bond donors (Lipinski definition) is 2. The average Bonchev–Trinajstić information content (AvgIpc) is 3.04. The summed E-state index contributed by atoms with van der Waals surface area (Å²) >= 11 is 5.86. The van der Waals surface area contributed by atoms with Crippen LogP contribution in [0.1, 0.15) is 5.56 Å². The van der Waals surface area contributed by atoms with Crippen molar-refractivity contribution in [1.82, 2.24) is 5.16 Å². The van der Waals surface area contributed by atoms with E-state index in [-0.39, 0.29) is 0 Å². The average molecular weight is 343 g/mol. The van der Waals surface area contributed by atoms with Crippen LogP contribution in [-0.4, -0.2) is 22.3 Å². The SMILES string of the molecule is O=C(O)[C@@H](Cc1ccccc1)Nc1cc(-c2ccc(Cl)cc2)no1. The Morgan fingerprint density at radius 2 is 1.88 bits per heavy atom. The maximum atomic E-state index is 11.5. The number of aliphatic carboxylic acids is 1. The second-order valence-electron chi connectivity index (χ2n) is 5.31. The summed E-state index contributed by atoms with van der Waals surface area (Å²) in [6.45, 7) is 0. The number of rotatable bonds is 6. The molecule has 1 atom stereocenters. The van der Waals surface area contributed by atoms with Gasteiger partial charge in [0.15, 0.2) is 0 Å². The Kier molecular flexibility index (Phi) is 4.82. The first-order valence-electron chi connectivity index (χ1n) is 7.38. The number of anilines is 1. The van der Waals surface area contributed by atoms with Gasteiger partial charge < -0.3 is 14.9 Å². The first-order chi connectivity index (χ1) is 11.6. The molecule has 0 unspecified atom stereocenters. The van der Waals surface area contributed by atoms with E-state index in [9.17, 15) is 9.90 Å². The Balaban J connectivity index is 1.74. The molecule has 0 radical (unpaired) electrons. The van der Waals surface area contributed by atoms with Crippen LogP contribution >= 0.6 is 11.6 Å². The smallest absolute Gasteiger partial charge is 0.326 e. The highest BCUT2D eigenvalue weighted by Crippen LogP contribution is 2.24. The lowest BCUT2D eigenvalue weighted by Crippen LogP contribution is -2.31. The summed E-state index contributed by atoms with van der Waals surface area (Å²) in [6.07, 6.45) is 0.340. The van der Waals surface area contributed by atoms with Crippen LogP contribution < -0.4 is 5.32 Å². The molecule has 2 N–H and O–H groups in total. The van der Waals surface area contributed by atoms with Crippen molar-refractivity contribution in [3.8, 4) is 11.3 Å². The van der Waals surface area contributed by atoms with Gasteiger partial charge in [0.05, 0.1) is 0 Å². The minimum absolute atomic E-state index is 0.309. The quantitative estimate of drug-likeness (QED) is 0.705. The number of nitrogens with one attached hydrogen (secondary N) is 1. The lowest BCUT2D eigenvalue weighted by atomic mass is 10.1. The maximum absolute atomic E-state index is 11.5. The summed E-state index contributed by atoms with van der Waals surface area (Å²) in [5.41, 5.74) is 2.37. The van der Waals surface area contributed by atoms with Gasteiger partial charge in [-0.1, -0.05) is 59.2 Å². The van der Waals surface area contributed by atoms with E-state index in [0.29, 0.717) is 23.0 Å². The number of carboxylic acid groups (broad SMARTS) is 1. The van der Waals surface area contributed by atoms with Crippen LogP contribution in [0.15, 0.2) is 65.2 Å². The fraction of sp³-hybridized carbons (Fsp3) is 0.111. The van der Waals surface area contributed by atoms with Gasteiger partial charge in [-0.05, 0) is 17.7 Å². The molecule has 1 heterocycles. The molecule has 122 valence electrons. The summed E-state index contributed by atoms with van der Waals surface area (Å²) in [5, 5.41) is 16.9. The third-order valence-corrected chi connectivity index (χ3v) is 3.80. The largest absolute Gasteiger partial charge is 0.480 e. The van der Waals surface area contributed by atoms with Crippen LogP contribution in [0.3, 0.4) is 0 Å². The third kappa shape index (κ3) is 3.94. The summed E-state index contributed by atoms with van der Waals surface area (Å²) in [4.78, 5) is 11.5. The molecule has 0 aliphatic carbocycles. The van der Waals surface area contributed by atoms with Crippen LogP contribution in [0.5, 0.6) is 0 Å². The van der Waals surface area contributed by atoms with Gasteiger partial charge in [-0.3, -0.25) is 0 Å². The van der Waals surface area contributed by atoms with Gasteiger partial charge in [0.1, 0.15) is 11.7 Å². The fourth-order valence-electron chi connectivity index (χ4n) is 2.32. The van der Waals surface area contributed by atoms with Crippen molar-refractivity contribution in [2.24, 2.45) is 0 Å². The molecule has 1 aromatic heterocycles. The Bertz CT molecular complexity index is 816. The molecular formula is C18H15ClN2O3. The number of hydrogen-bond acceptors (Lipinski definition) is 4. The highest BCUT2D eigenvalue weighted by Gasteiger charge is 2.20. The number of carboxylic acids is 1. The molecular weight excluding hydrogens is 328 g/mol. The van der Waals surface area contributed by atoms with Gasteiger partial charge in [0.25, 0.3) is 0 Å². The minimum Gasteiger partial charge on any atom is -0.480 e. The van der Waals surface area contributed by atoms with Gasteiger partial charge in [-0.25, -0.2) is 4.79 Å². The Morgan fingerprint density at radius 3 is 2.54 bits per heavy atom. The second kappa shape index (κ2) is 7.19. The molecule has 2 aromatic carbocycles. The summed E-state index contributed by atoms with van der Waals surface area (Å²) in [7, 11) is 0. The predicted molar refractivity (Wildman–Crippen MR) is 92.1 cm³/mol. The van der Waals surface area contributed by atoms with Crippen LogP contribution in [0.25, 0.3) is 11.3 Å². The summed E-state index contributed by atoms with van der Waals surface area (Å²) < 4.78 is 5.21. The van der Waals surface area contributed by atoms with Crippen molar-refractivity contribution in [3.05, 3.63) is 71.2 Å². The zero-order chi connectivity index (χ0) is 16.9. The Labute approximate surface area is 143 Å². The highest BCUT2D eigenvalue weighted by atomic mass is 35.5.